The lowest BCUT2D eigenvalue weighted by molar-refractivity contribution is -0.130. The lowest BCUT2D eigenvalue weighted by Gasteiger charge is -2.34. The maximum atomic E-state index is 11.3. The molecule has 3 nitrogen and oxygen atoms in total. The van der Waals surface area contributed by atoms with E-state index in [0.717, 1.165) is 19.6 Å². The fourth-order valence-corrected chi connectivity index (χ4v) is 1.87. The van der Waals surface area contributed by atoms with Gasteiger partial charge in [-0.05, 0) is 6.42 Å². The molecule has 2 saturated heterocycles. The average Bonchev–Trinajstić information content (AvgIpc) is 2.06. The minimum atomic E-state index is 0.150. The fourth-order valence-electron chi connectivity index (χ4n) is 1.87. The van der Waals surface area contributed by atoms with Gasteiger partial charge in [-0.25, -0.2) is 0 Å². The largest absolute Gasteiger partial charge is 0.381 e. The van der Waals surface area contributed by atoms with E-state index in [1.807, 2.05) is 0 Å². The number of carbonyl (C=O) groups excluding carboxylic acids is 1. The second-order valence-corrected chi connectivity index (χ2v) is 3.25. The zero-order chi connectivity index (χ0) is 7.68. The number of ketones is 1. The first-order chi connectivity index (χ1) is 5.38. The van der Waals surface area contributed by atoms with E-state index in [2.05, 4.69) is 5.32 Å². The summed E-state index contributed by atoms with van der Waals surface area (Å²) < 4.78 is 5.25. The highest BCUT2D eigenvalue weighted by atomic mass is 16.5. The first-order valence-electron chi connectivity index (χ1n) is 4.22. The number of nitrogens with one attached hydrogen (secondary N) is 1. The Bertz CT molecular complexity index is 167. The Morgan fingerprint density at radius 1 is 1.55 bits per heavy atom. The van der Waals surface area contributed by atoms with Crippen molar-refractivity contribution in [1.29, 1.82) is 0 Å². The third-order valence-corrected chi connectivity index (χ3v) is 2.55. The molecule has 2 aliphatic heterocycles. The molecular formula is C8H13NO2. The Morgan fingerprint density at radius 3 is 3.27 bits per heavy atom. The summed E-state index contributed by atoms with van der Waals surface area (Å²) in [5.41, 5.74) is 0. The summed E-state index contributed by atoms with van der Waals surface area (Å²) >= 11 is 0. The molecule has 0 aromatic rings. The molecule has 2 unspecified atom stereocenters. The molecule has 0 bridgehead atoms. The maximum absolute atomic E-state index is 11.3. The molecule has 2 heterocycles. The van der Waals surface area contributed by atoms with Crippen LogP contribution in [0.25, 0.3) is 0 Å². The Labute approximate surface area is 66.1 Å². The normalized spacial score (nSPS) is 38.4. The minimum Gasteiger partial charge on any atom is -0.381 e. The standard InChI is InChI=1S/C8H13NO2/c10-8-1-3-9-7-2-4-11-5-6(7)8/h6-7,9H,1-5H2. The number of carbonyl (C=O) groups is 1. The Hall–Kier alpha value is -0.410. The van der Waals surface area contributed by atoms with Gasteiger partial charge in [0.05, 0.1) is 12.5 Å². The van der Waals surface area contributed by atoms with Crippen LogP contribution in [0, 0.1) is 5.92 Å². The van der Waals surface area contributed by atoms with Gasteiger partial charge in [-0.15, -0.1) is 0 Å². The number of piperidine rings is 1. The van der Waals surface area contributed by atoms with Crippen molar-refractivity contribution in [2.24, 2.45) is 5.92 Å². The summed E-state index contributed by atoms with van der Waals surface area (Å²) in [6.45, 7) is 2.30. The highest BCUT2D eigenvalue weighted by Crippen LogP contribution is 2.19. The molecule has 0 radical (unpaired) electrons. The van der Waals surface area contributed by atoms with Crippen LogP contribution < -0.4 is 5.32 Å². The number of ether oxygens (including phenoxy) is 1. The van der Waals surface area contributed by atoms with E-state index in [0.29, 0.717) is 24.9 Å². The van der Waals surface area contributed by atoms with Crippen molar-refractivity contribution in [3.8, 4) is 0 Å². The first kappa shape index (κ1) is 7.25. The van der Waals surface area contributed by atoms with E-state index in [-0.39, 0.29) is 5.92 Å². The van der Waals surface area contributed by atoms with Crippen molar-refractivity contribution >= 4 is 5.78 Å². The van der Waals surface area contributed by atoms with Crippen molar-refractivity contribution in [2.75, 3.05) is 19.8 Å². The maximum Gasteiger partial charge on any atom is 0.141 e. The van der Waals surface area contributed by atoms with Gasteiger partial charge < -0.3 is 10.1 Å². The Morgan fingerprint density at radius 2 is 2.45 bits per heavy atom. The van der Waals surface area contributed by atoms with Crippen LogP contribution in [0.15, 0.2) is 0 Å². The molecule has 62 valence electrons. The molecule has 2 fully saturated rings. The van der Waals surface area contributed by atoms with E-state index in [1.165, 1.54) is 0 Å². The molecule has 2 aliphatic rings. The SMILES string of the molecule is O=C1CCNC2CCOCC12. The smallest absolute Gasteiger partial charge is 0.141 e. The lowest BCUT2D eigenvalue weighted by atomic mass is 9.87. The second kappa shape index (κ2) is 2.91. The Balaban J connectivity index is 2.05. The third kappa shape index (κ3) is 1.30. The van der Waals surface area contributed by atoms with Gasteiger partial charge in [-0.2, -0.15) is 0 Å². The summed E-state index contributed by atoms with van der Waals surface area (Å²) in [6, 6.07) is 0.407. The van der Waals surface area contributed by atoms with Crippen molar-refractivity contribution in [3.05, 3.63) is 0 Å². The molecule has 0 aliphatic carbocycles. The zero-order valence-corrected chi connectivity index (χ0v) is 6.51. The van der Waals surface area contributed by atoms with Gasteiger partial charge in [-0.3, -0.25) is 4.79 Å². The van der Waals surface area contributed by atoms with Gasteiger partial charge >= 0.3 is 0 Å². The number of fused-ring (bicyclic) bond motifs is 1. The quantitative estimate of drug-likeness (QED) is 0.533. The monoisotopic (exact) mass is 155 g/mol. The number of hydrogen-bond donors (Lipinski definition) is 1. The Kier molecular flexibility index (Phi) is 1.92. The van der Waals surface area contributed by atoms with Crippen LogP contribution in [-0.2, 0) is 9.53 Å². The van der Waals surface area contributed by atoms with E-state index >= 15 is 0 Å². The topological polar surface area (TPSA) is 38.3 Å². The molecule has 0 saturated carbocycles. The average molecular weight is 155 g/mol. The molecule has 3 heteroatoms. The zero-order valence-electron chi connectivity index (χ0n) is 6.51. The van der Waals surface area contributed by atoms with E-state index in [9.17, 15) is 4.79 Å². The van der Waals surface area contributed by atoms with Gasteiger partial charge in [0.1, 0.15) is 5.78 Å². The summed E-state index contributed by atoms with van der Waals surface area (Å²) in [4.78, 5) is 11.3. The number of rotatable bonds is 0. The molecule has 0 spiro atoms. The summed E-state index contributed by atoms with van der Waals surface area (Å²) in [6.07, 6.45) is 1.68. The molecular weight excluding hydrogens is 142 g/mol. The molecule has 11 heavy (non-hydrogen) atoms. The van der Waals surface area contributed by atoms with Crippen LogP contribution in [0.1, 0.15) is 12.8 Å². The highest BCUT2D eigenvalue weighted by molar-refractivity contribution is 5.82. The molecule has 0 amide bonds. The van der Waals surface area contributed by atoms with Crippen LogP contribution in [0.2, 0.25) is 0 Å². The molecule has 2 rings (SSSR count). The molecule has 2 atom stereocenters. The van der Waals surface area contributed by atoms with Gasteiger partial charge in [-0.1, -0.05) is 0 Å². The van der Waals surface area contributed by atoms with Gasteiger partial charge in [0, 0.05) is 25.6 Å². The minimum absolute atomic E-state index is 0.150. The lowest BCUT2D eigenvalue weighted by Crippen LogP contribution is -2.51. The molecule has 0 aromatic carbocycles. The van der Waals surface area contributed by atoms with Crippen molar-refractivity contribution < 1.29 is 9.53 Å². The van der Waals surface area contributed by atoms with Crippen LogP contribution in [-0.4, -0.2) is 31.6 Å². The van der Waals surface area contributed by atoms with Crippen LogP contribution in [0.4, 0.5) is 0 Å². The predicted octanol–water partition coefficient (Wildman–Crippen LogP) is -0.0461. The van der Waals surface area contributed by atoms with Crippen LogP contribution >= 0.6 is 0 Å². The first-order valence-corrected chi connectivity index (χ1v) is 4.22. The van der Waals surface area contributed by atoms with Crippen molar-refractivity contribution in [2.45, 2.75) is 18.9 Å². The van der Waals surface area contributed by atoms with Gasteiger partial charge in [0.15, 0.2) is 0 Å². The number of hydrogen-bond acceptors (Lipinski definition) is 3. The van der Waals surface area contributed by atoms with Gasteiger partial charge in [0.2, 0.25) is 0 Å². The van der Waals surface area contributed by atoms with Crippen LogP contribution in [0.5, 0.6) is 0 Å². The van der Waals surface area contributed by atoms with Gasteiger partial charge in [0.25, 0.3) is 0 Å². The fraction of sp³-hybridized carbons (Fsp3) is 0.875. The van der Waals surface area contributed by atoms with E-state index in [4.69, 9.17) is 4.74 Å². The van der Waals surface area contributed by atoms with E-state index < -0.39 is 0 Å². The summed E-state index contributed by atoms with van der Waals surface area (Å²) in [5, 5.41) is 3.35. The second-order valence-electron chi connectivity index (χ2n) is 3.25. The summed E-state index contributed by atoms with van der Waals surface area (Å²) in [5.74, 6) is 0.533. The molecule has 1 N–H and O–H groups in total. The molecule has 0 aromatic heterocycles. The van der Waals surface area contributed by atoms with Crippen molar-refractivity contribution in [1.82, 2.24) is 5.32 Å². The third-order valence-electron chi connectivity index (χ3n) is 2.55. The highest BCUT2D eigenvalue weighted by Gasteiger charge is 2.33. The number of Topliss-reactive ketones (excluding diaryl/α,β-unsaturated/α-hetero) is 1. The summed E-state index contributed by atoms with van der Waals surface area (Å²) in [7, 11) is 0. The van der Waals surface area contributed by atoms with Crippen LogP contribution in [0.3, 0.4) is 0 Å². The van der Waals surface area contributed by atoms with E-state index in [1.54, 1.807) is 0 Å². The van der Waals surface area contributed by atoms with Crippen molar-refractivity contribution in [3.63, 3.8) is 0 Å². The predicted molar refractivity (Wildman–Crippen MR) is 40.3 cm³/mol.